The van der Waals surface area contributed by atoms with Gasteiger partial charge in [0.15, 0.2) is 5.82 Å². The zero-order valence-electron chi connectivity index (χ0n) is 11.1. The number of aryl methyl sites for hydroxylation is 1. The number of likely N-dealkylation sites (tertiary alicyclic amines) is 1. The standard InChI is InChI=1S/C13H23N3O/c1-10(2)6-8-16-7-4-5-12(9-16)13-14-11(3)15-17-13/h10,12H,4-9H2,1-3H3. The monoisotopic (exact) mass is 237 g/mol. The van der Waals surface area contributed by atoms with Gasteiger partial charge in [-0.05, 0) is 45.2 Å². The summed E-state index contributed by atoms with van der Waals surface area (Å²) < 4.78 is 5.29. The molecule has 1 unspecified atom stereocenters. The van der Waals surface area contributed by atoms with Crippen molar-refractivity contribution in [1.29, 1.82) is 0 Å². The van der Waals surface area contributed by atoms with E-state index in [1.54, 1.807) is 0 Å². The second kappa shape index (κ2) is 5.63. The predicted octanol–water partition coefficient (Wildman–Crippen LogP) is 2.60. The van der Waals surface area contributed by atoms with Gasteiger partial charge < -0.3 is 9.42 Å². The van der Waals surface area contributed by atoms with Crippen molar-refractivity contribution in [2.24, 2.45) is 5.92 Å². The zero-order valence-corrected chi connectivity index (χ0v) is 11.1. The van der Waals surface area contributed by atoms with Crippen LogP contribution in [0.3, 0.4) is 0 Å². The van der Waals surface area contributed by atoms with E-state index in [-0.39, 0.29) is 0 Å². The molecular weight excluding hydrogens is 214 g/mol. The topological polar surface area (TPSA) is 42.2 Å². The van der Waals surface area contributed by atoms with Crippen LogP contribution in [-0.4, -0.2) is 34.7 Å². The summed E-state index contributed by atoms with van der Waals surface area (Å²) in [7, 11) is 0. The molecule has 0 bridgehead atoms. The van der Waals surface area contributed by atoms with Crippen molar-refractivity contribution in [2.75, 3.05) is 19.6 Å². The van der Waals surface area contributed by atoms with Crippen LogP contribution >= 0.6 is 0 Å². The molecule has 2 heterocycles. The Kier molecular flexibility index (Phi) is 4.15. The summed E-state index contributed by atoms with van der Waals surface area (Å²) in [5.41, 5.74) is 0. The largest absolute Gasteiger partial charge is 0.339 e. The van der Waals surface area contributed by atoms with Crippen LogP contribution in [-0.2, 0) is 0 Å². The Balaban J connectivity index is 1.88. The number of piperidine rings is 1. The molecule has 1 aliphatic rings. The van der Waals surface area contributed by atoms with E-state index in [1.807, 2.05) is 6.92 Å². The van der Waals surface area contributed by atoms with E-state index in [0.717, 1.165) is 24.2 Å². The molecule has 0 amide bonds. The van der Waals surface area contributed by atoms with Gasteiger partial charge in [0, 0.05) is 6.54 Å². The minimum absolute atomic E-state index is 0.442. The zero-order chi connectivity index (χ0) is 12.3. The summed E-state index contributed by atoms with van der Waals surface area (Å²) in [5.74, 6) is 2.80. The maximum atomic E-state index is 5.29. The molecule has 1 atom stereocenters. The highest BCUT2D eigenvalue weighted by Gasteiger charge is 2.25. The lowest BCUT2D eigenvalue weighted by molar-refractivity contribution is 0.179. The SMILES string of the molecule is Cc1noc(C2CCCN(CCC(C)C)C2)n1. The first-order chi connectivity index (χ1) is 8.15. The van der Waals surface area contributed by atoms with Gasteiger partial charge in [0.05, 0.1) is 5.92 Å². The normalized spacial score (nSPS) is 22.2. The first kappa shape index (κ1) is 12.6. The van der Waals surface area contributed by atoms with Crippen LogP contribution in [0.25, 0.3) is 0 Å². The number of hydrogen-bond acceptors (Lipinski definition) is 4. The fraction of sp³-hybridized carbons (Fsp3) is 0.846. The molecule has 4 nitrogen and oxygen atoms in total. The van der Waals surface area contributed by atoms with Crippen LogP contribution in [0.4, 0.5) is 0 Å². The Hall–Kier alpha value is -0.900. The lowest BCUT2D eigenvalue weighted by Crippen LogP contribution is -2.35. The van der Waals surface area contributed by atoms with Gasteiger partial charge in [-0.15, -0.1) is 0 Å². The molecule has 0 saturated carbocycles. The van der Waals surface area contributed by atoms with Gasteiger partial charge in [0.25, 0.3) is 0 Å². The number of rotatable bonds is 4. The summed E-state index contributed by atoms with van der Waals surface area (Å²) in [5, 5.41) is 3.89. The van der Waals surface area contributed by atoms with E-state index in [0.29, 0.717) is 5.92 Å². The second-order valence-corrected chi connectivity index (χ2v) is 5.50. The van der Waals surface area contributed by atoms with Crippen LogP contribution < -0.4 is 0 Å². The molecule has 1 saturated heterocycles. The number of hydrogen-bond donors (Lipinski definition) is 0. The van der Waals surface area contributed by atoms with Crippen molar-refractivity contribution in [2.45, 2.75) is 46.0 Å². The highest BCUT2D eigenvalue weighted by atomic mass is 16.5. The lowest BCUT2D eigenvalue weighted by atomic mass is 9.97. The van der Waals surface area contributed by atoms with E-state index in [2.05, 4.69) is 28.9 Å². The van der Waals surface area contributed by atoms with Gasteiger partial charge >= 0.3 is 0 Å². The molecule has 1 aliphatic heterocycles. The second-order valence-electron chi connectivity index (χ2n) is 5.50. The molecule has 1 aromatic rings. The van der Waals surface area contributed by atoms with Crippen LogP contribution in [0.5, 0.6) is 0 Å². The van der Waals surface area contributed by atoms with Crippen LogP contribution in [0.1, 0.15) is 50.7 Å². The third-order valence-electron chi connectivity index (χ3n) is 3.42. The van der Waals surface area contributed by atoms with Gasteiger partial charge in [-0.25, -0.2) is 0 Å². The molecule has 1 fully saturated rings. The summed E-state index contributed by atoms with van der Waals surface area (Å²) in [6, 6.07) is 0. The van der Waals surface area contributed by atoms with Crippen LogP contribution in [0.2, 0.25) is 0 Å². The molecule has 1 aromatic heterocycles. The van der Waals surface area contributed by atoms with Crippen molar-refractivity contribution in [1.82, 2.24) is 15.0 Å². The van der Waals surface area contributed by atoms with Crippen molar-refractivity contribution < 1.29 is 4.52 Å². The smallest absolute Gasteiger partial charge is 0.231 e. The molecule has 0 aromatic carbocycles. The van der Waals surface area contributed by atoms with Crippen LogP contribution in [0, 0.1) is 12.8 Å². The summed E-state index contributed by atoms with van der Waals surface area (Å²) in [6.07, 6.45) is 3.69. The van der Waals surface area contributed by atoms with Crippen LogP contribution in [0.15, 0.2) is 4.52 Å². The Morgan fingerprint density at radius 2 is 2.29 bits per heavy atom. The fourth-order valence-electron chi connectivity index (χ4n) is 2.38. The van der Waals surface area contributed by atoms with Crippen molar-refractivity contribution >= 4 is 0 Å². The van der Waals surface area contributed by atoms with Crippen molar-refractivity contribution in [3.63, 3.8) is 0 Å². The van der Waals surface area contributed by atoms with E-state index in [1.165, 1.54) is 32.4 Å². The molecule has 4 heteroatoms. The van der Waals surface area contributed by atoms with E-state index in [9.17, 15) is 0 Å². The minimum atomic E-state index is 0.442. The molecule has 96 valence electrons. The molecule has 2 rings (SSSR count). The number of nitrogens with zero attached hydrogens (tertiary/aromatic N) is 3. The third-order valence-corrected chi connectivity index (χ3v) is 3.42. The Morgan fingerprint density at radius 1 is 1.47 bits per heavy atom. The van der Waals surface area contributed by atoms with E-state index < -0.39 is 0 Å². The molecule has 0 radical (unpaired) electrons. The quantitative estimate of drug-likeness (QED) is 0.807. The maximum Gasteiger partial charge on any atom is 0.231 e. The van der Waals surface area contributed by atoms with Gasteiger partial charge in [0.1, 0.15) is 0 Å². The molecule has 0 aliphatic carbocycles. The Bertz CT molecular complexity index is 348. The van der Waals surface area contributed by atoms with E-state index in [4.69, 9.17) is 4.52 Å². The van der Waals surface area contributed by atoms with Gasteiger partial charge in [-0.2, -0.15) is 4.98 Å². The Morgan fingerprint density at radius 3 is 2.94 bits per heavy atom. The molecule has 17 heavy (non-hydrogen) atoms. The average molecular weight is 237 g/mol. The van der Waals surface area contributed by atoms with Gasteiger partial charge in [0.2, 0.25) is 5.89 Å². The lowest BCUT2D eigenvalue weighted by Gasteiger charge is -2.31. The fourth-order valence-corrected chi connectivity index (χ4v) is 2.38. The summed E-state index contributed by atoms with van der Waals surface area (Å²) in [6.45, 7) is 9.93. The molecular formula is C13H23N3O. The van der Waals surface area contributed by atoms with Crippen molar-refractivity contribution in [3.8, 4) is 0 Å². The predicted molar refractivity (Wildman–Crippen MR) is 66.9 cm³/mol. The number of aromatic nitrogens is 2. The highest BCUT2D eigenvalue weighted by Crippen LogP contribution is 2.25. The van der Waals surface area contributed by atoms with Gasteiger partial charge in [-0.1, -0.05) is 19.0 Å². The first-order valence-corrected chi connectivity index (χ1v) is 6.67. The summed E-state index contributed by atoms with van der Waals surface area (Å²) in [4.78, 5) is 6.90. The minimum Gasteiger partial charge on any atom is -0.339 e. The third kappa shape index (κ3) is 3.53. The highest BCUT2D eigenvalue weighted by molar-refractivity contribution is 4.96. The van der Waals surface area contributed by atoms with E-state index >= 15 is 0 Å². The Labute approximate surface area is 103 Å². The van der Waals surface area contributed by atoms with Gasteiger partial charge in [-0.3, -0.25) is 0 Å². The molecule has 0 spiro atoms. The average Bonchev–Trinajstić information content (AvgIpc) is 2.74. The maximum absolute atomic E-state index is 5.29. The van der Waals surface area contributed by atoms with Crippen molar-refractivity contribution in [3.05, 3.63) is 11.7 Å². The molecule has 0 N–H and O–H groups in total. The first-order valence-electron chi connectivity index (χ1n) is 6.67. The summed E-state index contributed by atoms with van der Waals surface area (Å²) >= 11 is 0.